The van der Waals surface area contributed by atoms with Gasteiger partial charge in [-0.3, -0.25) is 31.9 Å². The quantitative estimate of drug-likeness (QED) is 0.0329. The number of carbonyl (C=O) groups is 6. The van der Waals surface area contributed by atoms with E-state index in [2.05, 4.69) is 51.0 Å². The Balaban J connectivity index is 1.19. The fourth-order valence-corrected chi connectivity index (χ4v) is 13.8. The number of anilines is 8. The lowest BCUT2D eigenvalue weighted by molar-refractivity contribution is 0.166. The highest BCUT2D eigenvalue weighted by Crippen LogP contribution is 2.60. The molecule has 0 saturated carbocycles. The molecule has 552 valence electrons. The minimum atomic E-state index is -0.860. The number of benzene rings is 8. The first kappa shape index (κ1) is 71.8. The molecule has 2 unspecified atom stereocenters. The molecule has 8 aromatic carbocycles. The first-order chi connectivity index (χ1) is 51.3. The highest BCUT2D eigenvalue weighted by molar-refractivity contribution is 5.99. The zero-order valence-electron chi connectivity index (χ0n) is 59.9. The molecule has 13 rings (SSSR count). The molecule has 8 bridgehead atoms. The van der Waals surface area contributed by atoms with Crippen molar-refractivity contribution in [3.05, 3.63) is 142 Å². The first-order valence-corrected chi connectivity index (χ1v) is 35.3. The van der Waals surface area contributed by atoms with Crippen LogP contribution in [0.5, 0.6) is 92.0 Å². The second kappa shape index (κ2) is 30.4. The number of nitrogens with one attached hydrogen (secondary N) is 6. The van der Waals surface area contributed by atoms with E-state index < -0.39 is 60.2 Å². The largest absolute Gasteiger partial charge is 0.453 e. The molecular formula is C78H80N8O20. The van der Waals surface area contributed by atoms with Gasteiger partial charge < -0.3 is 77.8 Å². The van der Waals surface area contributed by atoms with E-state index in [1.165, 1.54) is 36.4 Å². The van der Waals surface area contributed by atoms with Crippen molar-refractivity contribution in [2.24, 2.45) is 0 Å². The second-order valence-electron chi connectivity index (χ2n) is 24.9. The molecule has 10 N–H and O–H groups in total. The molecule has 6 amide bonds. The van der Waals surface area contributed by atoms with E-state index in [0.29, 0.717) is 81.7 Å². The molecule has 28 nitrogen and oxygen atoms in total. The van der Waals surface area contributed by atoms with Gasteiger partial charge in [-0.05, 0) is 91.5 Å². The Kier molecular flexibility index (Phi) is 20.6. The third-order valence-electron chi connectivity index (χ3n) is 18.4. The van der Waals surface area contributed by atoms with Gasteiger partial charge in [-0.15, -0.1) is 0 Å². The Morgan fingerprint density at radius 3 is 0.538 bits per heavy atom. The van der Waals surface area contributed by atoms with Crippen LogP contribution in [0.15, 0.2) is 97.1 Å². The van der Waals surface area contributed by atoms with E-state index in [1.807, 2.05) is 32.9 Å². The van der Waals surface area contributed by atoms with Crippen molar-refractivity contribution in [3.8, 4) is 92.0 Å². The fourth-order valence-electron chi connectivity index (χ4n) is 13.8. The van der Waals surface area contributed by atoms with Crippen LogP contribution in [0.3, 0.4) is 0 Å². The number of hydrogen-bond acceptors (Lipinski definition) is 22. The maximum absolute atomic E-state index is 13.6. The van der Waals surface area contributed by atoms with Crippen molar-refractivity contribution in [1.82, 2.24) is 0 Å². The van der Waals surface area contributed by atoms with Gasteiger partial charge in [0.25, 0.3) is 0 Å². The second-order valence-corrected chi connectivity index (χ2v) is 24.9. The van der Waals surface area contributed by atoms with Crippen molar-refractivity contribution in [1.29, 1.82) is 0 Å². The molecule has 106 heavy (non-hydrogen) atoms. The van der Waals surface area contributed by atoms with E-state index in [0.717, 1.165) is 0 Å². The molecule has 0 saturated heterocycles. The lowest BCUT2D eigenvalue weighted by atomic mass is 9.77. The summed E-state index contributed by atoms with van der Waals surface area (Å²) in [6.07, 6.45) is -3.46. The normalized spacial score (nSPS) is 15.4. The number of ether oxygens (including phenoxy) is 14. The van der Waals surface area contributed by atoms with Crippen LogP contribution in [-0.2, 0) is 28.4 Å². The van der Waals surface area contributed by atoms with Gasteiger partial charge in [0.05, 0.1) is 85.1 Å². The van der Waals surface area contributed by atoms with Gasteiger partial charge in [0.1, 0.15) is 46.0 Å². The van der Waals surface area contributed by atoms with Crippen LogP contribution in [0.1, 0.15) is 163 Å². The number of amides is 6. The highest BCUT2D eigenvalue weighted by atomic mass is 16.6. The number of hydrogen-bond donors (Lipinski definition) is 8. The molecule has 5 aliphatic rings. The van der Waals surface area contributed by atoms with E-state index in [9.17, 15) is 28.8 Å². The molecule has 8 aromatic rings. The number of carbonyl (C=O) groups excluding carboxylic acids is 6. The number of rotatable bonds is 16. The summed E-state index contributed by atoms with van der Waals surface area (Å²) in [6.45, 7) is 18.1. The monoisotopic (exact) mass is 1450 g/mol. The predicted octanol–water partition coefficient (Wildman–Crippen LogP) is 20.3. The summed E-state index contributed by atoms with van der Waals surface area (Å²) in [6, 6.07) is 27.4. The van der Waals surface area contributed by atoms with Crippen LogP contribution >= 0.6 is 0 Å². The number of nitrogens with two attached hydrogens (primary N) is 2. The van der Waals surface area contributed by atoms with Gasteiger partial charge in [0, 0.05) is 141 Å². The predicted molar refractivity (Wildman–Crippen MR) is 393 cm³/mol. The molecule has 0 spiro atoms. The molecule has 4 heterocycles. The van der Waals surface area contributed by atoms with Crippen LogP contribution in [-0.4, -0.2) is 76.2 Å². The summed E-state index contributed by atoms with van der Waals surface area (Å²) in [7, 11) is 0. The third kappa shape index (κ3) is 14.2. The Labute approximate surface area is 609 Å². The zero-order valence-corrected chi connectivity index (χ0v) is 59.9. The summed E-state index contributed by atoms with van der Waals surface area (Å²) < 4.78 is 90.4. The standard InChI is InChI=1S/C78H80N8O20/c1-11-37-41-21-43-38(12-2)45-23-47-40(14-4)48-24-46-39(13-3)44-22-42(37)58-34-60(44)102-68-28-52(82-74(88)94-16-6)54(84-76(90)96-18-8)30-70(68)104-62(46)36-64(48)106-72-32-56(86-78(92)98-20-10)55(85-77(91)97-19-9)31-71(72)105-63(47)35-61(45)103-69-29-53(83-75(89)95-17-7)51(81-73(87)93-15-5)27-67(69)101-59(43)33-57(41)99-65-25-49(79)50(80)26-66(65)100-58/h21-40H,11-20,79-80H2,1-10H3,(H,81,87)(H,82,88)(H,83,89)(H,84,90)(H,85,91)(H,86,92). The molecular weight excluding hydrogens is 1370 g/mol. The Morgan fingerprint density at radius 2 is 0.396 bits per heavy atom. The fraction of sp³-hybridized carbons (Fsp3) is 0.308. The lowest BCUT2D eigenvalue weighted by Gasteiger charge is -2.29. The van der Waals surface area contributed by atoms with Gasteiger partial charge in [0.2, 0.25) is 0 Å². The van der Waals surface area contributed by atoms with Gasteiger partial charge >= 0.3 is 36.6 Å². The maximum Gasteiger partial charge on any atom is 0.411 e. The van der Waals surface area contributed by atoms with Crippen molar-refractivity contribution < 1.29 is 95.1 Å². The molecule has 0 fully saturated rings. The third-order valence-corrected chi connectivity index (χ3v) is 18.4. The first-order valence-electron chi connectivity index (χ1n) is 35.3. The van der Waals surface area contributed by atoms with Crippen molar-refractivity contribution in [3.63, 3.8) is 0 Å². The van der Waals surface area contributed by atoms with Crippen LogP contribution in [0.2, 0.25) is 0 Å². The molecule has 1 aliphatic carbocycles. The maximum atomic E-state index is 13.6. The Hall–Kier alpha value is -12.6. The van der Waals surface area contributed by atoms with Gasteiger partial charge in [0.15, 0.2) is 46.0 Å². The van der Waals surface area contributed by atoms with Crippen LogP contribution in [0, 0.1) is 0 Å². The smallest absolute Gasteiger partial charge is 0.411 e. The zero-order chi connectivity index (χ0) is 74.8. The van der Waals surface area contributed by atoms with E-state index in [1.54, 1.807) is 77.9 Å². The van der Waals surface area contributed by atoms with E-state index in [-0.39, 0.29) is 166 Å². The van der Waals surface area contributed by atoms with Crippen molar-refractivity contribution >= 4 is 82.1 Å². The van der Waals surface area contributed by atoms with Crippen molar-refractivity contribution in [2.75, 3.05) is 83.0 Å². The average molecular weight is 1450 g/mol. The SMILES string of the molecule is CCOC(=O)Nc1cc2c(cc1NC(=O)OCC)Oc1cc3c4cc1C(CC)c1cc5c(cc1O2)Oc1cc(N)c(N)cc1Oc1cc2c(cc1C5CC)C(CC)c1cc(c(cc1Oc1cc(NC(=O)OCC)c(NC(=O)OCC)cc1O2)Oc1cc(NC(=O)OCC)c(NC(=O)OCC)cc1O3)C4CC. The Bertz CT molecular complexity index is 4570. The summed E-state index contributed by atoms with van der Waals surface area (Å²) in [4.78, 5) is 81.3. The number of nitrogen functional groups attached to an aromatic ring is 2. The molecule has 0 aromatic heterocycles. The lowest BCUT2D eigenvalue weighted by Crippen LogP contribution is -2.18. The highest BCUT2D eigenvalue weighted by Gasteiger charge is 2.39. The summed E-state index contributed by atoms with van der Waals surface area (Å²) in [5.74, 6) is 0.248. The van der Waals surface area contributed by atoms with E-state index in [4.69, 9.17) is 77.8 Å². The minimum absolute atomic E-state index is 0.0000969. The van der Waals surface area contributed by atoms with E-state index >= 15 is 0 Å². The Morgan fingerprint density at radius 1 is 0.245 bits per heavy atom. The van der Waals surface area contributed by atoms with Crippen molar-refractivity contribution in [2.45, 2.75) is 119 Å². The summed E-state index contributed by atoms with van der Waals surface area (Å²) in [5.41, 5.74) is 19.1. The molecule has 28 heteroatoms. The molecule has 4 aliphatic heterocycles. The van der Waals surface area contributed by atoms with Gasteiger partial charge in [-0.1, -0.05) is 27.7 Å². The van der Waals surface area contributed by atoms with Gasteiger partial charge in [-0.2, -0.15) is 0 Å². The van der Waals surface area contributed by atoms with Crippen LogP contribution < -0.4 is 81.3 Å². The van der Waals surface area contributed by atoms with Gasteiger partial charge in [-0.25, -0.2) is 28.8 Å². The summed E-state index contributed by atoms with van der Waals surface area (Å²) in [5, 5.41) is 16.5. The topological polar surface area (TPSA) is 356 Å². The minimum Gasteiger partial charge on any atom is -0.453 e. The van der Waals surface area contributed by atoms with Crippen LogP contribution in [0.4, 0.5) is 74.3 Å². The van der Waals surface area contributed by atoms with Crippen LogP contribution in [0.25, 0.3) is 0 Å². The number of fused-ring (bicyclic) bond motifs is 4. The average Bonchev–Trinajstić information content (AvgIpc) is 1.48. The summed E-state index contributed by atoms with van der Waals surface area (Å²) >= 11 is 0. The molecule has 2 atom stereocenters. The molecule has 0 radical (unpaired) electrons.